The Hall–Kier alpha value is -1.30. The van der Waals surface area contributed by atoms with Crippen molar-refractivity contribution in [2.45, 2.75) is 39.2 Å². The first-order valence-electron chi connectivity index (χ1n) is 9.12. The third-order valence-corrected chi connectivity index (χ3v) is 5.84. The molecule has 1 saturated carbocycles. The lowest BCUT2D eigenvalue weighted by Gasteiger charge is -2.34. The van der Waals surface area contributed by atoms with Crippen LogP contribution in [0.2, 0.25) is 10.0 Å². The summed E-state index contributed by atoms with van der Waals surface area (Å²) >= 11 is 12.1. The fraction of sp³-hybridized carbons (Fsp3) is 0.579. The van der Waals surface area contributed by atoms with Crippen LogP contribution in [0.25, 0.3) is 0 Å². The van der Waals surface area contributed by atoms with Gasteiger partial charge >= 0.3 is 0 Å². The normalized spacial score (nSPS) is 24.0. The number of rotatable bonds is 6. The Balaban J connectivity index is 1.81. The summed E-state index contributed by atoms with van der Waals surface area (Å²) in [6.45, 7) is 4.85. The Bertz CT molecular complexity index is 633. The molecule has 0 heterocycles. The van der Waals surface area contributed by atoms with Crippen molar-refractivity contribution in [2.24, 2.45) is 11.8 Å². The van der Waals surface area contributed by atoms with Gasteiger partial charge in [-0.15, -0.1) is 0 Å². The molecule has 1 aliphatic carbocycles. The maximum Gasteiger partial charge on any atom is 0.279 e. The number of quaternary nitrogens is 1. The predicted molar refractivity (Wildman–Crippen MR) is 106 cm³/mol. The highest BCUT2D eigenvalue weighted by molar-refractivity contribution is 6.39. The van der Waals surface area contributed by atoms with E-state index in [1.807, 2.05) is 7.05 Å². The number of hydrogen-bond donors (Lipinski definition) is 3. The largest absolute Gasteiger partial charge is 0.348 e. The van der Waals surface area contributed by atoms with E-state index in [2.05, 4.69) is 24.5 Å². The van der Waals surface area contributed by atoms with Crippen LogP contribution in [0.15, 0.2) is 18.2 Å². The van der Waals surface area contributed by atoms with E-state index in [4.69, 9.17) is 23.2 Å². The van der Waals surface area contributed by atoms with Gasteiger partial charge in [-0.2, -0.15) is 0 Å². The van der Waals surface area contributed by atoms with Crippen LogP contribution in [0.1, 0.15) is 33.1 Å². The second-order valence-electron chi connectivity index (χ2n) is 7.40. The average molecular weight is 401 g/mol. The number of likely N-dealkylation sites (N-methyl/N-ethyl adjacent to an activating group) is 1. The summed E-state index contributed by atoms with van der Waals surface area (Å²) in [5.41, 5.74) is 0.406. The second kappa shape index (κ2) is 9.58. The molecule has 4 atom stereocenters. The maximum absolute atomic E-state index is 12.3. The molecule has 0 aromatic heterocycles. The van der Waals surface area contributed by atoms with E-state index >= 15 is 0 Å². The zero-order valence-electron chi connectivity index (χ0n) is 15.6. The molecule has 2 amide bonds. The molecule has 1 aliphatic rings. The highest BCUT2D eigenvalue weighted by Gasteiger charge is 2.28. The van der Waals surface area contributed by atoms with Gasteiger partial charge < -0.3 is 15.5 Å². The molecule has 1 fully saturated rings. The number of hydrogen-bond acceptors (Lipinski definition) is 2. The summed E-state index contributed by atoms with van der Waals surface area (Å²) in [7, 11) is 1.82. The fourth-order valence-electron chi connectivity index (χ4n) is 3.46. The molecular formula is C19H28Cl2N3O2+. The quantitative estimate of drug-likeness (QED) is 0.686. The SMILES string of the molecule is C[C@@H]1[C@@H](C)CCC[C@H]1NC(=O)C[NH+](C)CC(=O)Nc1c(Cl)cccc1Cl. The monoisotopic (exact) mass is 400 g/mol. The van der Waals surface area contributed by atoms with Crippen molar-refractivity contribution in [1.29, 1.82) is 0 Å². The van der Waals surface area contributed by atoms with E-state index in [9.17, 15) is 9.59 Å². The molecule has 3 N–H and O–H groups in total. The van der Waals surface area contributed by atoms with Crippen LogP contribution >= 0.6 is 23.2 Å². The fourth-order valence-corrected chi connectivity index (χ4v) is 3.95. The van der Waals surface area contributed by atoms with E-state index < -0.39 is 0 Å². The highest BCUT2D eigenvalue weighted by atomic mass is 35.5. The van der Waals surface area contributed by atoms with Crippen molar-refractivity contribution < 1.29 is 14.5 Å². The number of nitrogens with one attached hydrogen (secondary N) is 3. The molecule has 7 heteroatoms. The molecule has 26 heavy (non-hydrogen) atoms. The van der Waals surface area contributed by atoms with Gasteiger partial charge in [0.25, 0.3) is 11.8 Å². The Kier molecular flexibility index (Phi) is 7.74. The third-order valence-electron chi connectivity index (χ3n) is 5.21. The number of carbonyl (C=O) groups excluding carboxylic acids is 2. The molecule has 0 bridgehead atoms. The Morgan fingerprint density at radius 2 is 1.73 bits per heavy atom. The zero-order chi connectivity index (χ0) is 19.3. The summed E-state index contributed by atoms with van der Waals surface area (Å²) in [5.74, 6) is 0.867. The first-order valence-corrected chi connectivity index (χ1v) is 9.88. The van der Waals surface area contributed by atoms with Gasteiger partial charge in [-0.05, 0) is 30.4 Å². The first kappa shape index (κ1) is 21.0. The minimum Gasteiger partial charge on any atom is -0.348 e. The number of benzene rings is 1. The minimum atomic E-state index is -0.232. The van der Waals surface area contributed by atoms with E-state index in [1.54, 1.807) is 18.2 Å². The topological polar surface area (TPSA) is 62.6 Å². The van der Waals surface area contributed by atoms with Gasteiger partial charge in [0.15, 0.2) is 13.1 Å². The standard InChI is InChI=1S/C19H27Cl2N3O2/c1-12-6-4-9-16(13(12)2)22-17(25)10-24(3)11-18(26)23-19-14(20)7-5-8-15(19)21/h5,7-8,12-13,16H,4,6,9-11H2,1-3H3,(H,22,25)(H,23,26)/p+1/t12-,13+,16+/m0/s1. The van der Waals surface area contributed by atoms with Crippen molar-refractivity contribution in [3.63, 3.8) is 0 Å². The Morgan fingerprint density at radius 3 is 2.38 bits per heavy atom. The molecule has 2 rings (SSSR count). The molecular weight excluding hydrogens is 373 g/mol. The van der Waals surface area contributed by atoms with Crippen molar-refractivity contribution in [1.82, 2.24) is 5.32 Å². The van der Waals surface area contributed by atoms with Crippen LogP contribution in [0.5, 0.6) is 0 Å². The maximum atomic E-state index is 12.3. The van der Waals surface area contributed by atoms with E-state index in [0.717, 1.165) is 17.7 Å². The summed E-state index contributed by atoms with van der Waals surface area (Å²) in [6.07, 6.45) is 3.41. The van der Waals surface area contributed by atoms with Crippen LogP contribution in [0, 0.1) is 11.8 Å². The van der Waals surface area contributed by atoms with Gasteiger partial charge in [-0.1, -0.05) is 56.0 Å². The zero-order valence-corrected chi connectivity index (χ0v) is 17.1. The number of anilines is 1. The van der Waals surface area contributed by atoms with Crippen molar-refractivity contribution in [3.8, 4) is 0 Å². The lowest BCUT2D eigenvalue weighted by Crippen LogP contribution is -3.11. The van der Waals surface area contributed by atoms with Gasteiger partial charge in [0.2, 0.25) is 0 Å². The second-order valence-corrected chi connectivity index (χ2v) is 8.21. The van der Waals surface area contributed by atoms with E-state index in [1.165, 1.54) is 6.42 Å². The van der Waals surface area contributed by atoms with Gasteiger partial charge in [-0.3, -0.25) is 9.59 Å². The van der Waals surface area contributed by atoms with Crippen LogP contribution < -0.4 is 15.5 Å². The molecule has 144 valence electrons. The lowest BCUT2D eigenvalue weighted by atomic mass is 9.78. The molecule has 0 radical (unpaired) electrons. The Morgan fingerprint density at radius 1 is 1.12 bits per heavy atom. The van der Waals surface area contributed by atoms with Crippen LogP contribution in [-0.2, 0) is 9.59 Å². The van der Waals surface area contributed by atoms with Crippen molar-refractivity contribution >= 4 is 40.7 Å². The summed E-state index contributed by atoms with van der Waals surface area (Å²) in [4.78, 5) is 25.3. The predicted octanol–water partition coefficient (Wildman–Crippen LogP) is 2.39. The van der Waals surface area contributed by atoms with E-state index in [-0.39, 0.29) is 30.9 Å². The van der Waals surface area contributed by atoms with E-state index in [0.29, 0.717) is 27.6 Å². The molecule has 1 aromatic rings. The Labute approximate surface area is 165 Å². The van der Waals surface area contributed by atoms with Gasteiger partial charge in [0, 0.05) is 6.04 Å². The highest BCUT2D eigenvalue weighted by Crippen LogP contribution is 2.30. The molecule has 0 saturated heterocycles. The third kappa shape index (κ3) is 5.86. The van der Waals surface area contributed by atoms with Crippen LogP contribution in [-0.4, -0.2) is 38.0 Å². The molecule has 0 spiro atoms. The summed E-state index contributed by atoms with van der Waals surface area (Å²) in [6, 6.07) is 5.28. The number of para-hydroxylation sites is 1. The molecule has 5 nitrogen and oxygen atoms in total. The summed E-state index contributed by atoms with van der Waals surface area (Å²) < 4.78 is 0. The number of carbonyl (C=O) groups is 2. The van der Waals surface area contributed by atoms with Crippen LogP contribution in [0.3, 0.4) is 0 Å². The van der Waals surface area contributed by atoms with Gasteiger partial charge in [-0.25, -0.2) is 0 Å². The van der Waals surface area contributed by atoms with Crippen LogP contribution in [0.4, 0.5) is 5.69 Å². The smallest absolute Gasteiger partial charge is 0.279 e. The lowest BCUT2D eigenvalue weighted by molar-refractivity contribution is -0.862. The molecule has 0 aliphatic heterocycles. The molecule has 1 aromatic carbocycles. The minimum absolute atomic E-state index is 0.0166. The van der Waals surface area contributed by atoms with Gasteiger partial charge in [0.05, 0.1) is 22.8 Å². The van der Waals surface area contributed by atoms with Crippen molar-refractivity contribution in [2.75, 3.05) is 25.5 Å². The summed E-state index contributed by atoms with van der Waals surface area (Å²) in [5, 5.41) is 6.64. The average Bonchev–Trinajstić information content (AvgIpc) is 2.55. The van der Waals surface area contributed by atoms with Crippen molar-refractivity contribution in [3.05, 3.63) is 28.2 Å². The number of halogens is 2. The first-order chi connectivity index (χ1) is 12.3. The number of amides is 2. The van der Waals surface area contributed by atoms with Gasteiger partial charge in [0.1, 0.15) is 0 Å². The molecule has 1 unspecified atom stereocenters.